The van der Waals surface area contributed by atoms with Gasteiger partial charge in [0.1, 0.15) is 11.1 Å². The molecule has 22 heavy (non-hydrogen) atoms. The average molecular weight is 366 g/mol. The van der Waals surface area contributed by atoms with Crippen molar-refractivity contribution in [2.75, 3.05) is 6.61 Å². The molecule has 1 aromatic heterocycles. The fourth-order valence-corrected chi connectivity index (χ4v) is 3.01. The van der Waals surface area contributed by atoms with Crippen LogP contribution in [0.2, 0.25) is 0 Å². The second-order valence-electron chi connectivity index (χ2n) is 5.44. The Morgan fingerprint density at radius 1 is 1.41 bits per heavy atom. The third kappa shape index (κ3) is 3.08. The molecule has 1 aromatic carbocycles. The van der Waals surface area contributed by atoms with Crippen LogP contribution in [0.15, 0.2) is 37.9 Å². The minimum absolute atomic E-state index is 0.00518. The SMILES string of the molecule is C[C@H](NC(=O)c1cc2cc(Br)ccc2oc1=O)[C@@H]1CCCO1. The van der Waals surface area contributed by atoms with Crippen LogP contribution < -0.4 is 10.9 Å². The zero-order valence-corrected chi connectivity index (χ0v) is 13.7. The molecular weight excluding hydrogens is 350 g/mol. The quantitative estimate of drug-likeness (QED) is 0.849. The van der Waals surface area contributed by atoms with E-state index in [4.69, 9.17) is 9.15 Å². The number of hydrogen-bond donors (Lipinski definition) is 1. The maximum atomic E-state index is 12.3. The number of halogens is 1. The van der Waals surface area contributed by atoms with E-state index in [1.54, 1.807) is 24.3 Å². The van der Waals surface area contributed by atoms with E-state index < -0.39 is 11.5 Å². The Balaban J connectivity index is 1.86. The Kier molecular flexibility index (Phi) is 4.31. The summed E-state index contributed by atoms with van der Waals surface area (Å²) in [6.07, 6.45) is 1.92. The molecule has 6 heteroatoms. The summed E-state index contributed by atoms with van der Waals surface area (Å²) in [7, 11) is 0. The zero-order valence-electron chi connectivity index (χ0n) is 12.1. The standard InChI is InChI=1S/C16H16BrNO4/c1-9(13-3-2-6-21-13)18-15(19)12-8-10-7-11(17)4-5-14(10)22-16(12)20/h4-5,7-9,13H,2-3,6H2,1H3,(H,18,19)/t9-,13-/m0/s1. The van der Waals surface area contributed by atoms with Crippen LogP contribution in [-0.4, -0.2) is 24.7 Å². The van der Waals surface area contributed by atoms with E-state index in [-0.39, 0.29) is 17.7 Å². The van der Waals surface area contributed by atoms with Crippen LogP contribution >= 0.6 is 15.9 Å². The number of benzene rings is 1. The minimum atomic E-state index is -0.633. The number of carbonyl (C=O) groups excluding carboxylic acids is 1. The third-order valence-electron chi connectivity index (χ3n) is 3.82. The first-order valence-corrected chi connectivity index (χ1v) is 8.00. The van der Waals surface area contributed by atoms with Gasteiger partial charge in [0.15, 0.2) is 0 Å². The molecule has 1 aliphatic heterocycles. The van der Waals surface area contributed by atoms with Crippen molar-refractivity contribution in [2.24, 2.45) is 0 Å². The lowest BCUT2D eigenvalue weighted by molar-refractivity contribution is 0.0710. The van der Waals surface area contributed by atoms with E-state index in [0.717, 1.165) is 23.9 Å². The summed E-state index contributed by atoms with van der Waals surface area (Å²) >= 11 is 3.36. The van der Waals surface area contributed by atoms with Crippen LogP contribution in [0.1, 0.15) is 30.1 Å². The number of rotatable bonds is 3. The lowest BCUT2D eigenvalue weighted by Crippen LogP contribution is -2.42. The fraction of sp³-hybridized carbons (Fsp3) is 0.375. The molecule has 0 aliphatic carbocycles. The zero-order chi connectivity index (χ0) is 15.7. The van der Waals surface area contributed by atoms with Gasteiger partial charge in [-0.2, -0.15) is 0 Å². The normalized spacial score (nSPS) is 19.3. The topological polar surface area (TPSA) is 68.5 Å². The summed E-state index contributed by atoms with van der Waals surface area (Å²) in [5, 5.41) is 3.52. The molecule has 0 spiro atoms. The van der Waals surface area contributed by atoms with Crippen molar-refractivity contribution in [3.63, 3.8) is 0 Å². The van der Waals surface area contributed by atoms with Crippen molar-refractivity contribution in [3.8, 4) is 0 Å². The van der Waals surface area contributed by atoms with Crippen molar-refractivity contribution >= 4 is 32.8 Å². The van der Waals surface area contributed by atoms with Crippen molar-refractivity contribution < 1.29 is 13.9 Å². The lowest BCUT2D eigenvalue weighted by Gasteiger charge is -2.19. The molecule has 5 nitrogen and oxygen atoms in total. The summed E-state index contributed by atoms with van der Waals surface area (Å²) in [5.74, 6) is -0.432. The summed E-state index contributed by atoms with van der Waals surface area (Å²) in [4.78, 5) is 24.3. The molecule has 2 aromatic rings. The number of ether oxygens (including phenoxy) is 1. The monoisotopic (exact) mass is 365 g/mol. The number of fused-ring (bicyclic) bond motifs is 1. The van der Waals surface area contributed by atoms with Gasteiger partial charge in [0, 0.05) is 16.5 Å². The van der Waals surface area contributed by atoms with E-state index in [0.29, 0.717) is 11.0 Å². The van der Waals surface area contributed by atoms with E-state index in [1.807, 2.05) is 6.92 Å². The molecule has 1 aliphatic rings. The Labute approximate surface area is 135 Å². The van der Waals surface area contributed by atoms with Crippen LogP contribution in [-0.2, 0) is 4.74 Å². The van der Waals surface area contributed by atoms with Crippen molar-refractivity contribution in [1.82, 2.24) is 5.32 Å². The van der Waals surface area contributed by atoms with Gasteiger partial charge in [0.05, 0.1) is 12.1 Å². The predicted octanol–water partition coefficient (Wildman–Crippen LogP) is 2.85. The number of carbonyl (C=O) groups is 1. The largest absolute Gasteiger partial charge is 0.422 e. The second-order valence-corrected chi connectivity index (χ2v) is 6.36. The third-order valence-corrected chi connectivity index (χ3v) is 4.31. The number of amides is 1. The van der Waals surface area contributed by atoms with Gasteiger partial charge >= 0.3 is 5.63 Å². The molecule has 2 atom stereocenters. The molecular formula is C16H16BrNO4. The highest BCUT2D eigenvalue weighted by atomic mass is 79.9. The van der Waals surface area contributed by atoms with Crippen molar-refractivity contribution in [2.45, 2.75) is 31.9 Å². The van der Waals surface area contributed by atoms with E-state index >= 15 is 0 Å². The highest BCUT2D eigenvalue weighted by Crippen LogP contribution is 2.20. The van der Waals surface area contributed by atoms with Crippen LogP contribution in [0.3, 0.4) is 0 Å². The van der Waals surface area contributed by atoms with Crippen LogP contribution in [0, 0.1) is 0 Å². The summed E-state index contributed by atoms with van der Waals surface area (Å²) < 4.78 is 11.6. The molecule has 1 N–H and O–H groups in total. The number of nitrogens with one attached hydrogen (secondary N) is 1. The van der Waals surface area contributed by atoms with E-state index in [2.05, 4.69) is 21.2 Å². The molecule has 0 unspecified atom stereocenters. The van der Waals surface area contributed by atoms with Crippen molar-refractivity contribution in [3.05, 3.63) is 44.7 Å². The molecule has 1 fully saturated rings. The molecule has 3 rings (SSSR count). The molecule has 2 heterocycles. The first-order valence-electron chi connectivity index (χ1n) is 7.20. The highest BCUT2D eigenvalue weighted by molar-refractivity contribution is 9.10. The predicted molar refractivity (Wildman–Crippen MR) is 86.1 cm³/mol. The van der Waals surface area contributed by atoms with E-state index in [1.165, 1.54) is 0 Å². The van der Waals surface area contributed by atoms with Crippen LogP contribution in [0.4, 0.5) is 0 Å². The maximum Gasteiger partial charge on any atom is 0.349 e. The molecule has 116 valence electrons. The van der Waals surface area contributed by atoms with Gasteiger partial charge in [0.25, 0.3) is 5.91 Å². The van der Waals surface area contributed by atoms with Crippen LogP contribution in [0.25, 0.3) is 11.0 Å². The average Bonchev–Trinajstić information content (AvgIpc) is 3.01. The molecule has 0 saturated carbocycles. The van der Waals surface area contributed by atoms with Gasteiger partial charge in [-0.1, -0.05) is 15.9 Å². The van der Waals surface area contributed by atoms with Crippen molar-refractivity contribution in [1.29, 1.82) is 0 Å². The van der Waals surface area contributed by atoms with Gasteiger partial charge in [-0.25, -0.2) is 4.79 Å². The Bertz CT molecular complexity index is 764. The minimum Gasteiger partial charge on any atom is -0.422 e. The summed E-state index contributed by atoms with van der Waals surface area (Å²) in [5.41, 5.74) is -0.167. The summed E-state index contributed by atoms with van der Waals surface area (Å²) in [6, 6.07) is 6.69. The maximum absolute atomic E-state index is 12.3. The highest BCUT2D eigenvalue weighted by Gasteiger charge is 2.25. The lowest BCUT2D eigenvalue weighted by atomic mass is 10.1. The fourth-order valence-electron chi connectivity index (χ4n) is 2.63. The second kappa shape index (κ2) is 6.22. The Morgan fingerprint density at radius 2 is 2.23 bits per heavy atom. The Hall–Kier alpha value is -1.66. The van der Waals surface area contributed by atoms with Gasteiger partial charge in [-0.3, -0.25) is 4.79 Å². The molecule has 0 radical (unpaired) electrons. The molecule has 1 amide bonds. The van der Waals surface area contributed by atoms with Gasteiger partial charge in [-0.15, -0.1) is 0 Å². The summed E-state index contributed by atoms with van der Waals surface area (Å²) in [6.45, 7) is 2.60. The van der Waals surface area contributed by atoms with E-state index in [9.17, 15) is 9.59 Å². The molecule has 1 saturated heterocycles. The molecule has 0 bridgehead atoms. The smallest absolute Gasteiger partial charge is 0.349 e. The number of hydrogen-bond acceptors (Lipinski definition) is 4. The van der Waals surface area contributed by atoms with Crippen LogP contribution in [0.5, 0.6) is 0 Å². The first kappa shape index (κ1) is 15.2. The Morgan fingerprint density at radius 3 is 2.95 bits per heavy atom. The van der Waals surface area contributed by atoms with Gasteiger partial charge in [0.2, 0.25) is 0 Å². The van der Waals surface area contributed by atoms with Gasteiger partial charge in [-0.05, 0) is 44.0 Å². The van der Waals surface area contributed by atoms with Gasteiger partial charge < -0.3 is 14.5 Å². The first-order chi connectivity index (χ1) is 10.5.